The van der Waals surface area contributed by atoms with Crippen LogP contribution in [0.25, 0.3) is 0 Å². The summed E-state index contributed by atoms with van der Waals surface area (Å²) in [6.45, 7) is 5.44. The molecule has 144 valence electrons. The summed E-state index contributed by atoms with van der Waals surface area (Å²) in [6, 6.07) is 16.9. The molecule has 2 nitrogen and oxygen atoms in total. The minimum absolute atomic E-state index is 0.678. The van der Waals surface area contributed by atoms with E-state index in [0.29, 0.717) is 18.0 Å². The summed E-state index contributed by atoms with van der Waals surface area (Å²) >= 11 is 9.86. The number of piperidine rings is 1. The molecular formula is C23H28BrClN2. The van der Waals surface area contributed by atoms with Gasteiger partial charge in [-0.15, -0.1) is 0 Å². The van der Waals surface area contributed by atoms with Crippen LogP contribution in [0.2, 0.25) is 5.02 Å². The van der Waals surface area contributed by atoms with Crippen molar-refractivity contribution in [3.63, 3.8) is 0 Å². The van der Waals surface area contributed by atoms with Gasteiger partial charge in [0.1, 0.15) is 0 Å². The molecule has 2 aromatic carbocycles. The van der Waals surface area contributed by atoms with Crippen molar-refractivity contribution in [2.45, 2.75) is 57.2 Å². The van der Waals surface area contributed by atoms with Crippen LogP contribution in [0.1, 0.15) is 48.3 Å². The summed E-state index contributed by atoms with van der Waals surface area (Å²) in [5, 5.41) is 4.32. The Kier molecular flexibility index (Phi) is 6.23. The molecule has 0 spiro atoms. The number of rotatable bonds is 5. The fourth-order valence-corrected chi connectivity index (χ4v) is 4.96. The third-order valence-electron chi connectivity index (χ3n) is 6.26. The molecule has 1 heterocycles. The van der Waals surface area contributed by atoms with Gasteiger partial charge in [0.2, 0.25) is 0 Å². The lowest BCUT2D eigenvalue weighted by Crippen LogP contribution is -2.51. The molecule has 27 heavy (non-hydrogen) atoms. The standard InChI is InChI=1S/C23H28BrClN2/c1-16-2-5-18(6-3-16)19-13-21(14-19)27(20-8-10-26-11-9-20)15-17-4-7-22(24)23(25)12-17/h2-7,12,19-21,26H,8-11,13-15H2,1H3. The predicted molar refractivity (Wildman–Crippen MR) is 118 cm³/mol. The Bertz CT molecular complexity index is 764. The average Bonchev–Trinajstić information content (AvgIpc) is 2.65. The van der Waals surface area contributed by atoms with Gasteiger partial charge in [0, 0.05) is 23.1 Å². The second kappa shape index (κ2) is 8.65. The number of nitrogens with one attached hydrogen (secondary N) is 1. The van der Waals surface area contributed by atoms with Gasteiger partial charge in [-0.2, -0.15) is 0 Å². The zero-order valence-corrected chi connectivity index (χ0v) is 18.3. The average molecular weight is 448 g/mol. The van der Waals surface area contributed by atoms with Crippen LogP contribution in [0.3, 0.4) is 0 Å². The molecule has 1 saturated heterocycles. The van der Waals surface area contributed by atoms with E-state index in [2.05, 4.69) is 75.5 Å². The molecule has 1 aliphatic carbocycles. The van der Waals surface area contributed by atoms with Crippen LogP contribution in [0.4, 0.5) is 0 Å². The van der Waals surface area contributed by atoms with Crippen LogP contribution in [0.15, 0.2) is 46.9 Å². The second-order valence-electron chi connectivity index (χ2n) is 8.13. The maximum atomic E-state index is 6.35. The molecule has 4 rings (SSSR count). The molecule has 1 aliphatic heterocycles. The maximum Gasteiger partial charge on any atom is 0.0551 e. The lowest BCUT2D eigenvalue weighted by molar-refractivity contribution is 0.0435. The summed E-state index contributed by atoms with van der Waals surface area (Å²) in [4.78, 5) is 2.77. The molecule has 0 unspecified atom stereocenters. The number of nitrogens with zero attached hydrogens (tertiary/aromatic N) is 1. The van der Waals surface area contributed by atoms with E-state index in [4.69, 9.17) is 11.6 Å². The Morgan fingerprint density at radius 1 is 1.04 bits per heavy atom. The van der Waals surface area contributed by atoms with Gasteiger partial charge in [-0.1, -0.05) is 47.5 Å². The third-order valence-corrected chi connectivity index (χ3v) is 7.49. The van der Waals surface area contributed by atoms with Crippen molar-refractivity contribution in [1.82, 2.24) is 10.2 Å². The van der Waals surface area contributed by atoms with Gasteiger partial charge >= 0.3 is 0 Å². The Morgan fingerprint density at radius 3 is 2.41 bits per heavy atom. The van der Waals surface area contributed by atoms with Gasteiger partial charge in [0.25, 0.3) is 0 Å². The lowest BCUT2D eigenvalue weighted by atomic mass is 9.74. The third kappa shape index (κ3) is 4.59. The van der Waals surface area contributed by atoms with Crippen molar-refractivity contribution in [2.75, 3.05) is 13.1 Å². The van der Waals surface area contributed by atoms with Crippen molar-refractivity contribution >= 4 is 27.5 Å². The molecule has 0 aromatic heterocycles. The molecule has 2 aromatic rings. The van der Waals surface area contributed by atoms with E-state index in [1.807, 2.05) is 0 Å². The molecule has 2 fully saturated rings. The van der Waals surface area contributed by atoms with Crippen molar-refractivity contribution in [1.29, 1.82) is 0 Å². The predicted octanol–water partition coefficient (Wildman–Crippen LogP) is 5.91. The van der Waals surface area contributed by atoms with Crippen LogP contribution in [0, 0.1) is 6.92 Å². The molecule has 0 atom stereocenters. The lowest BCUT2D eigenvalue weighted by Gasteiger charge is -2.48. The van der Waals surface area contributed by atoms with Gasteiger partial charge < -0.3 is 5.32 Å². The topological polar surface area (TPSA) is 15.3 Å². The summed E-state index contributed by atoms with van der Waals surface area (Å²) in [7, 11) is 0. The summed E-state index contributed by atoms with van der Waals surface area (Å²) in [6.07, 6.45) is 5.04. The molecule has 4 heteroatoms. The first-order chi connectivity index (χ1) is 13.1. The number of halogens is 2. The number of benzene rings is 2. The summed E-state index contributed by atoms with van der Waals surface area (Å²) in [5.41, 5.74) is 4.17. The minimum atomic E-state index is 0.678. The van der Waals surface area contributed by atoms with Crippen molar-refractivity contribution < 1.29 is 0 Å². The summed E-state index contributed by atoms with van der Waals surface area (Å²) in [5.74, 6) is 0.716. The zero-order chi connectivity index (χ0) is 18.8. The molecule has 0 radical (unpaired) electrons. The fourth-order valence-electron chi connectivity index (χ4n) is 4.51. The van der Waals surface area contributed by atoms with Gasteiger partial charge in [-0.3, -0.25) is 4.90 Å². The van der Waals surface area contributed by atoms with E-state index >= 15 is 0 Å². The van der Waals surface area contributed by atoms with E-state index in [1.165, 1.54) is 42.4 Å². The monoisotopic (exact) mass is 446 g/mol. The van der Waals surface area contributed by atoms with Gasteiger partial charge in [-0.25, -0.2) is 0 Å². The molecule has 1 N–H and O–H groups in total. The molecule has 2 aliphatic rings. The van der Waals surface area contributed by atoms with Crippen LogP contribution in [-0.2, 0) is 6.54 Å². The Hall–Kier alpha value is -0.870. The van der Waals surface area contributed by atoms with E-state index in [0.717, 1.165) is 29.1 Å². The highest BCUT2D eigenvalue weighted by molar-refractivity contribution is 9.10. The van der Waals surface area contributed by atoms with Crippen LogP contribution >= 0.6 is 27.5 Å². The SMILES string of the molecule is Cc1ccc(C2CC(N(Cc3ccc(Br)c(Cl)c3)C3CCNCC3)C2)cc1. The first kappa shape index (κ1) is 19.4. The van der Waals surface area contributed by atoms with Gasteiger partial charge in [0.05, 0.1) is 5.02 Å². The van der Waals surface area contributed by atoms with Crippen LogP contribution in [0.5, 0.6) is 0 Å². The zero-order valence-electron chi connectivity index (χ0n) is 15.9. The number of hydrogen-bond donors (Lipinski definition) is 1. The Balaban J connectivity index is 1.47. The first-order valence-corrected chi connectivity index (χ1v) is 11.2. The normalized spacial score (nSPS) is 23.4. The first-order valence-electron chi connectivity index (χ1n) is 10.1. The Morgan fingerprint density at radius 2 is 1.74 bits per heavy atom. The van der Waals surface area contributed by atoms with Gasteiger partial charge in [0.15, 0.2) is 0 Å². The number of hydrogen-bond acceptors (Lipinski definition) is 2. The fraction of sp³-hybridized carbons (Fsp3) is 0.478. The minimum Gasteiger partial charge on any atom is -0.317 e. The largest absolute Gasteiger partial charge is 0.317 e. The van der Waals surface area contributed by atoms with E-state index in [-0.39, 0.29) is 0 Å². The van der Waals surface area contributed by atoms with Crippen LogP contribution < -0.4 is 5.32 Å². The second-order valence-corrected chi connectivity index (χ2v) is 9.40. The molecule has 0 bridgehead atoms. The van der Waals surface area contributed by atoms with Crippen molar-refractivity contribution in [3.8, 4) is 0 Å². The van der Waals surface area contributed by atoms with Crippen LogP contribution in [-0.4, -0.2) is 30.1 Å². The van der Waals surface area contributed by atoms with Gasteiger partial charge in [-0.05, 0) is 90.8 Å². The maximum absolute atomic E-state index is 6.35. The number of aryl methyl sites for hydroxylation is 1. The highest BCUT2D eigenvalue weighted by atomic mass is 79.9. The molecule has 1 saturated carbocycles. The molecule has 0 amide bonds. The van der Waals surface area contributed by atoms with E-state index in [9.17, 15) is 0 Å². The highest BCUT2D eigenvalue weighted by Gasteiger charge is 2.37. The Labute approximate surface area is 176 Å². The quantitative estimate of drug-likeness (QED) is 0.613. The highest BCUT2D eigenvalue weighted by Crippen LogP contribution is 2.42. The van der Waals surface area contributed by atoms with E-state index in [1.54, 1.807) is 0 Å². The van der Waals surface area contributed by atoms with Crippen molar-refractivity contribution in [3.05, 3.63) is 68.7 Å². The van der Waals surface area contributed by atoms with Crippen molar-refractivity contribution in [2.24, 2.45) is 0 Å². The molecular weight excluding hydrogens is 420 g/mol. The van der Waals surface area contributed by atoms with E-state index < -0.39 is 0 Å². The smallest absolute Gasteiger partial charge is 0.0551 e. The summed E-state index contributed by atoms with van der Waals surface area (Å²) < 4.78 is 0.976.